The van der Waals surface area contributed by atoms with Crippen LogP contribution in [0.3, 0.4) is 0 Å². The van der Waals surface area contributed by atoms with Crippen molar-refractivity contribution in [2.75, 3.05) is 13.2 Å². The first-order chi connectivity index (χ1) is 33.0. The Labute approximate surface area is 415 Å². The highest BCUT2D eigenvalue weighted by molar-refractivity contribution is 5.71. The molecule has 1 unspecified atom stereocenters. The number of unbranched alkanes of at least 4 members (excludes halogenated alkanes) is 35. The summed E-state index contributed by atoms with van der Waals surface area (Å²) < 4.78 is 16.8. The molecule has 0 fully saturated rings. The average molecular weight is 938 g/mol. The topological polar surface area (TPSA) is 78.9 Å². The molecule has 0 aliphatic rings. The zero-order chi connectivity index (χ0) is 48.6. The maximum absolute atomic E-state index is 12.9. The van der Waals surface area contributed by atoms with Crippen molar-refractivity contribution in [2.45, 2.75) is 297 Å². The van der Waals surface area contributed by atoms with Crippen LogP contribution in [0.5, 0.6) is 0 Å². The van der Waals surface area contributed by atoms with Crippen molar-refractivity contribution in [3.63, 3.8) is 0 Å². The van der Waals surface area contributed by atoms with Crippen molar-refractivity contribution in [1.82, 2.24) is 0 Å². The van der Waals surface area contributed by atoms with Crippen LogP contribution in [0.15, 0.2) is 60.8 Å². The van der Waals surface area contributed by atoms with Crippen LogP contribution in [0.2, 0.25) is 0 Å². The molecule has 0 N–H and O–H groups in total. The van der Waals surface area contributed by atoms with Gasteiger partial charge in [0, 0.05) is 19.3 Å². The molecule has 0 aromatic carbocycles. The molecule has 0 rings (SSSR count). The maximum Gasteiger partial charge on any atom is 0.306 e. The smallest absolute Gasteiger partial charge is 0.306 e. The van der Waals surface area contributed by atoms with Gasteiger partial charge in [0.25, 0.3) is 0 Å². The first-order valence-corrected chi connectivity index (χ1v) is 28.9. The molecule has 0 saturated heterocycles. The fraction of sp³-hybridized carbons (Fsp3) is 0.787. The van der Waals surface area contributed by atoms with E-state index in [1.807, 2.05) is 54.7 Å². The molecule has 0 aliphatic heterocycles. The minimum Gasteiger partial charge on any atom is -0.462 e. The van der Waals surface area contributed by atoms with E-state index in [1.54, 1.807) is 0 Å². The predicted molar refractivity (Wildman–Crippen MR) is 288 cm³/mol. The van der Waals surface area contributed by atoms with Gasteiger partial charge < -0.3 is 14.2 Å². The number of allylic oxidation sites excluding steroid dienone is 10. The van der Waals surface area contributed by atoms with Crippen molar-refractivity contribution in [3.8, 4) is 0 Å². The number of hydrogen-bond acceptors (Lipinski definition) is 6. The van der Waals surface area contributed by atoms with E-state index < -0.39 is 6.10 Å². The van der Waals surface area contributed by atoms with Gasteiger partial charge >= 0.3 is 17.9 Å². The second-order valence-electron chi connectivity index (χ2n) is 19.3. The van der Waals surface area contributed by atoms with Crippen molar-refractivity contribution in [1.29, 1.82) is 0 Å². The Hall–Kier alpha value is -2.89. The van der Waals surface area contributed by atoms with E-state index in [-0.39, 0.29) is 37.5 Å². The molecule has 0 aliphatic carbocycles. The lowest BCUT2D eigenvalue weighted by atomic mass is 10.0. The Kier molecular flexibility index (Phi) is 53.3. The minimum absolute atomic E-state index is 0.0925. The van der Waals surface area contributed by atoms with Crippen LogP contribution in [-0.2, 0) is 28.6 Å². The van der Waals surface area contributed by atoms with Gasteiger partial charge in [0.1, 0.15) is 13.2 Å². The number of rotatable bonds is 52. The molecule has 388 valence electrons. The van der Waals surface area contributed by atoms with E-state index in [1.165, 1.54) is 193 Å². The highest BCUT2D eigenvalue weighted by Gasteiger charge is 2.19. The number of esters is 3. The van der Waals surface area contributed by atoms with Gasteiger partial charge in [-0.15, -0.1) is 0 Å². The largest absolute Gasteiger partial charge is 0.462 e. The van der Waals surface area contributed by atoms with Crippen LogP contribution in [0.1, 0.15) is 290 Å². The lowest BCUT2D eigenvalue weighted by Gasteiger charge is -2.18. The van der Waals surface area contributed by atoms with Crippen LogP contribution in [0, 0.1) is 0 Å². The van der Waals surface area contributed by atoms with Gasteiger partial charge in [-0.2, -0.15) is 0 Å². The molecule has 0 heterocycles. The van der Waals surface area contributed by atoms with Crippen LogP contribution >= 0.6 is 0 Å². The molecule has 0 radical (unpaired) electrons. The maximum atomic E-state index is 12.9. The van der Waals surface area contributed by atoms with E-state index in [2.05, 4.69) is 26.8 Å². The second-order valence-corrected chi connectivity index (χ2v) is 19.3. The summed E-state index contributed by atoms with van der Waals surface area (Å²) in [5.74, 6) is -0.954. The first-order valence-electron chi connectivity index (χ1n) is 28.9. The van der Waals surface area contributed by atoms with Crippen molar-refractivity contribution in [2.24, 2.45) is 0 Å². The van der Waals surface area contributed by atoms with E-state index >= 15 is 0 Å². The van der Waals surface area contributed by atoms with E-state index in [0.29, 0.717) is 19.3 Å². The predicted octanol–water partition coefficient (Wildman–Crippen LogP) is 19.2. The Balaban J connectivity index is 4.38. The Bertz CT molecular complexity index is 1210. The van der Waals surface area contributed by atoms with Crippen LogP contribution in [-0.4, -0.2) is 37.2 Å². The molecule has 0 amide bonds. The van der Waals surface area contributed by atoms with Gasteiger partial charge in [-0.25, -0.2) is 0 Å². The van der Waals surface area contributed by atoms with Gasteiger partial charge in [0.15, 0.2) is 6.10 Å². The SMILES string of the molecule is CC/C=C/C=C/C=C/C=C/C=C/CCCC(=O)OCC(COC(=O)CCCCCCCCCCCCCCCCCCCC)OC(=O)CCCCCCCCCCCCCCCCCCCC. The third kappa shape index (κ3) is 53.9. The molecule has 0 saturated carbocycles. The number of carbonyl (C=O) groups excluding carboxylic acids is 3. The Morgan fingerprint density at radius 3 is 0.910 bits per heavy atom. The molecule has 67 heavy (non-hydrogen) atoms. The van der Waals surface area contributed by atoms with Crippen molar-refractivity contribution >= 4 is 17.9 Å². The summed E-state index contributed by atoms with van der Waals surface area (Å²) in [6.07, 6.45) is 69.4. The summed E-state index contributed by atoms with van der Waals surface area (Å²) in [7, 11) is 0. The normalized spacial score (nSPS) is 12.5. The summed E-state index contributed by atoms with van der Waals surface area (Å²) in [5, 5.41) is 0. The monoisotopic (exact) mass is 937 g/mol. The number of hydrogen-bond donors (Lipinski definition) is 0. The molecule has 6 heteroatoms. The summed E-state index contributed by atoms with van der Waals surface area (Å²) in [6, 6.07) is 0. The highest BCUT2D eigenvalue weighted by atomic mass is 16.6. The molecular formula is C61H108O6. The van der Waals surface area contributed by atoms with Gasteiger partial charge in [-0.3, -0.25) is 14.4 Å². The Morgan fingerprint density at radius 2 is 0.582 bits per heavy atom. The molecule has 6 nitrogen and oxygen atoms in total. The van der Waals surface area contributed by atoms with Crippen molar-refractivity contribution in [3.05, 3.63) is 60.8 Å². The summed E-state index contributed by atoms with van der Waals surface area (Å²) in [5.41, 5.74) is 0. The third-order valence-corrected chi connectivity index (χ3v) is 12.7. The molecule has 0 aromatic heterocycles. The summed E-state index contributed by atoms with van der Waals surface area (Å²) >= 11 is 0. The van der Waals surface area contributed by atoms with Crippen LogP contribution in [0.4, 0.5) is 0 Å². The second kappa shape index (κ2) is 55.7. The van der Waals surface area contributed by atoms with E-state index in [0.717, 1.165) is 51.4 Å². The zero-order valence-electron chi connectivity index (χ0n) is 44.4. The highest BCUT2D eigenvalue weighted by Crippen LogP contribution is 2.17. The lowest BCUT2D eigenvalue weighted by molar-refractivity contribution is -0.167. The zero-order valence-corrected chi connectivity index (χ0v) is 44.4. The van der Waals surface area contributed by atoms with Crippen LogP contribution in [0.25, 0.3) is 0 Å². The quantitative estimate of drug-likeness (QED) is 0.0262. The number of ether oxygens (including phenoxy) is 3. The Morgan fingerprint density at radius 1 is 0.313 bits per heavy atom. The molecule has 0 bridgehead atoms. The van der Waals surface area contributed by atoms with Gasteiger partial charge in [-0.1, -0.05) is 300 Å². The fourth-order valence-electron chi connectivity index (χ4n) is 8.36. The summed E-state index contributed by atoms with van der Waals surface area (Å²) in [4.78, 5) is 38.1. The third-order valence-electron chi connectivity index (χ3n) is 12.7. The first kappa shape index (κ1) is 64.1. The summed E-state index contributed by atoms with van der Waals surface area (Å²) in [6.45, 7) is 6.47. The molecular weight excluding hydrogens is 829 g/mol. The average Bonchev–Trinajstić information content (AvgIpc) is 3.33. The molecule has 1 atom stereocenters. The van der Waals surface area contributed by atoms with E-state index in [4.69, 9.17) is 14.2 Å². The molecule has 0 aromatic rings. The van der Waals surface area contributed by atoms with Gasteiger partial charge in [0.05, 0.1) is 0 Å². The minimum atomic E-state index is -0.799. The number of carbonyl (C=O) groups is 3. The van der Waals surface area contributed by atoms with Gasteiger partial charge in [-0.05, 0) is 32.1 Å². The molecule has 0 spiro atoms. The lowest BCUT2D eigenvalue weighted by Crippen LogP contribution is -2.30. The van der Waals surface area contributed by atoms with E-state index in [9.17, 15) is 14.4 Å². The fourth-order valence-corrected chi connectivity index (χ4v) is 8.36. The van der Waals surface area contributed by atoms with Crippen molar-refractivity contribution < 1.29 is 28.6 Å². The van der Waals surface area contributed by atoms with Gasteiger partial charge in [0.2, 0.25) is 0 Å². The van der Waals surface area contributed by atoms with Crippen LogP contribution < -0.4 is 0 Å². The standard InChI is InChI=1S/C61H108O6/c1-4-7-10-13-16-19-22-25-27-29-31-33-36-39-42-45-48-51-54-60(63)66-57-58(56-65-59(62)53-50-47-44-41-38-35-24-21-18-15-12-9-6-3)67-61(64)55-52-49-46-43-40-37-34-32-30-28-26-23-20-17-14-11-8-5-2/h9,12,15,18,21,24,35,38,41,44,58H,4-8,10-11,13-14,16-17,19-20,22-23,25-34,36-37,39-40,42-43,45-57H2,1-3H3/b12-9+,18-15+,24-21+,38-35+,44-41+.